The highest BCUT2D eigenvalue weighted by atomic mass is 16.5. The number of ether oxygens (including phenoxy) is 1. The van der Waals surface area contributed by atoms with Crippen LogP contribution < -0.4 is 4.74 Å². The number of hydrogen-bond acceptors (Lipinski definition) is 3. The van der Waals surface area contributed by atoms with Gasteiger partial charge in [-0.25, -0.2) is 0 Å². The molecule has 1 aromatic carbocycles. The number of benzene rings is 1. The Hall–Kier alpha value is -2.00. The van der Waals surface area contributed by atoms with Gasteiger partial charge in [0.15, 0.2) is 0 Å². The highest BCUT2D eigenvalue weighted by molar-refractivity contribution is 5.53. The lowest BCUT2D eigenvalue weighted by Gasteiger charge is -2.26. The molecule has 0 bridgehead atoms. The molecule has 0 heterocycles. The lowest BCUT2D eigenvalue weighted by atomic mass is 9.85. The maximum absolute atomic E-state index is 9.12. The number of nitriles is 2. The molecule has 0 saturated carbocycles. The minimum atomic E-state index is 0.0452. The topological polar surface area (TPSA) is 56.8 Å². The third kappa shape index (κ3) is 4.30. The Bertz CT molecular complexity index is 519. The molecule has 0 N–H and O–H groups in total. The lowest BCUT2D eigenvalue weighted by Crippen LogP contribution is -2.23. The smallest absolute Gasteiger partial charge is 0.138 e. The number of nitrogens with zero attached hydrogens (tertiary/aromatic N) is 2. The SMILES string of the molecule is CC(C)CC(C)(C)COc1cccc(C#N)c1C#N. The van der Waals surface area contributed by atoms with Crippen LogP contribution in [-0.2, 0) is 0 Å². The highest BCUT2D eigenvalue weighted by Gasteiger charge is 2.21. The van der Waals surface area contributed by atoms with Crippen LogP contribution in [0.1, 0.15) is 45.2 Å². The van der Waals surface area contributed by atoms with Crippen molar-refractivity contribution >= 4 is 0 Å². The van der Waals surface area contributed by atoms with Crippen molar-refractivity contribution < 1.29 is 4.74 Å². The summed E-state index contributed by atoms with van der Waals surface area (Å²) in [5.41, 5.74) is 0.732. The van der Waals surface area contributed by atoms with Crippen molar-refractivity contribution in [3.05, 3.63) is 29.3 Å². The van der Waals surface area contributed by atoms with Crippen molar-refractivity contribution in [1.29, 1.82) is 10.5 Å². The van der Waals surface area contributed by atoms with Gasteiger partial charge in [-0.3, -0.25) is 0 Å². The Labute approximate surface area is 115 Å². The summed E-state index contributed by atoms with van der Waals surface area (Å²) in [4.78, 5) is 0. The predicted octanol–water partition coefficient (Wildman–Crippen LogP) is 3.88. The van der Waals surface area contributed by atoms with E-state index in [0.717, 1.165) is 6.42 Å². The second kappa shape index (κ2) is 6.25. The molecule has 19 heavy (non-hydrogen) atoms. The molecular formula is C16H20N2O. The zero-order valence-corrected chi connectivity index (χ0v) is 12.0. The third-order valence-electron chi connectivity index (χ3n) is 2.84. The summed E-state index contributed by atoms with van der Waals surface area (Å²) >= 11 is 0. The molecule has 0 atom stereocenters. The maximum atomic E-state index is 9.12. The van der Waals surface area contributed by atoms with Crippen LogP contribution in [0.2, 0.25) is 0 Å². The van der Waals surface area contributed by atoms with Crippen LogP contribution in [0.25, 0.3) is 0 Å². The molecule has 0 aromatic heterocycles. The van der Waals surface area contributed by atoms with Gasteiger partial charge in [-0.2, -0.15) is 10.5 Å². The molecular weight excluding hydrogens is 236 g/mol. The summed E-state index contributed by atoms with van der Waals surface area (Å²) < 4.78 is 5.76. The van der Waals surface area contributed by atoms with Crippen molar-refractivity contribution in [2.45, 2.75) is 34.1 Å². The zero-order valence-electron chi connectivity index (χ0n) is 12.0. The Morgan fingerprint density at radius 2 is 1.89 bits per heavy atom. The van der Waals surface area contributed by atoms with Crippen molar-refractivity contribution in [1.82, 2.24) is 0 Å². The van der Waals surface area contributed by atoms with E-state index in [1.165, 1.54) is 0 Å². The van der Waals surface area contributed by atoms with Gasteiger partial charge in [-0.15, -0.1) is 0 Å². The quantitative estimate of drug-likeness (QED) is 0.803. The Balaban J connectivity index is 2.85. The summed E-state index contributed by atoms with van der Waals surface area (Å²) in [7, 11) is 0. The van der Waals surface area contributed by atoms with E-state index in [-0.39, 0.29) is 5.41 Å². The summed E-state index contributed by atoms with van der Waals surface area (Å²) in [6.45, 7) is 9.19. The van der Waals surface area contributed by atoms with Gasteiger partial charge < -0.3 is 4.74 Å². The van der Waals surface area contributed by atoms with E-state index < -0.39 is 0 Å². The Kier molecular flexibility index (Phi) is 4.95. The van der Waals surface area contributed by atoms with Crippen LogP contribution in [0, 0.1) is 34.0 Å². The standard InChI is InChI=1S/C16H20N2O/c1-12(2)8-16(3,4)11-19-15-7-5-6-13(9-17)14(15)10-18/h5-7,12H,8,11H2,1-4H3. The van der Waals surface area contributed by atoms with Crippen LogP contribution >= 0.6 is 0 Å². The molecule has 1 aromatic rings. The molecule has 0 amide bonds. The highest BCUT2D eigenvalue weighted by Crippen LogP contribution is 2.28. The molecule has 100 valence electrons. The Morgan fingerprint density at radius 1 is 1.21 bits per heavy atom. The van der Waals surface area contributed by atoms with Crippen molar-refractivity contribution in [2.75, 3.05) is 6.61 Å². The molecule has 0 aliphatic carbocycles. The zero-order chi connectivity index (χ0) is 14.5. The van der Waals surface area contributed by atoms with Crippen LogP contribution in [0.5, 0.6) is 5.75 Å². The van der Waals surface area contributed by atoms with Crippen molar-refractivity contribution in [3.63, 3.8) is 0 Å². The van der Waals surface area contributed by atoms with Crippen LogP contribution in [0.4, 0.5) is 0 Å². The van der Waals surface area contributed by atoms with Gasteiger partial charge >= 0.3 is 0 Å². The van der Waals surface area contributed by atoms with E-state index >= 15 is 0 Å². The lowest BCUT2D eigenvalue weighted by molar-refractivity contribution is 0.153. The van der Waals surface area contributed by atoms with Gasteiger partial charge in [0.05, 0.1) is 12.2 Å². The first kappa shape index (κ1) is 15.1. The van der Waals surface area contributed by atoms with Gasteiger partial charge in [-0.05, 0) is 29.9 Å². The van der Waals surface area contributed by atoms with Crippen molar-refractivity contribution in [2.24, 2.45) is 11.3 Å². The van der Waals surface area contributed by atoms with Gasteiger partial charge in [0, 0.05) is 0 Å². The van der Waals surface area contributed by atoms with Gasteiger partial charge in [-0.1, -0.05) is 33.8 Å². The largest absolute Gasteiger partial charge is 0.492 e. The minimum Gasteiger partial charge on any atom is -0.492 e. The first-order valence-electron chi connectivity index (χ1n) is 6.45. The van der Waals surface area contributed by atoms with Crippen LogP contribution in [0.15, 0.2) is 18.2 Å². The molecule has 1 rings (SSSR count). The number of hydrogen-bond donors (Lipinski definition) is 0. The monoisotopic (exact) mass is 256 g/mol. The van der Waals surface area contributed by atoms with E-state index in [1.54, 1.807) is 18.2 Å². The van der Waals surface area contributed by atoms with E-state index in [4.69, 9.17) is 15.3 Å². The number of rotatable bonds is 5. The first-order valence-corrected chi connectivity index (χ1v) is 6.45. The molecule has 0 spiro atoms. The third-order valence-corrected chi connectivity index (χ3v) is 2.84. The maximum Gasteiger partial charge on any atom is 0.138 e. The summed E-state index contributed by atoms with van der Waals surface area (Å²) in [6, 6.07) is 9.17. The van der Waals surface area contributed by atoms with Crippen LogP contribution in [0.3, 0.4) is 0 Å². The molecule has 0 unspecified atom stereocenters. The molecule has 0 saturated heterocycles. The van der Waals surface area contributed by atoms with Gasteiger partial charge in [0.2, 0.25) is 0 Å². The second-order valence-electron chi connectivity index (χ2n) is 5.95. The Morgan fingerprint density at radius 3 is 2.42 bits per heavy atom. The van der Waals surface area contributed by atoms with E-state index in [2.05, 4.69) is 27.7 Å². The summed E-state index contributed by atoms with van der Waals surface area (Å²) in [5, 5.41) is 18.1. The van der Waals surface area contributed by atoms with E-state index in [0.29, 0.717) is 29.4 Å². The second-order valence-corrected chi connectivity index (χ2v) is 5.95. The molecule has 0 fully saturated rings. The van der Waals surface area contributed by atoms with E-state index in [9.17, 15) is 0 Å². The van der Waals surface area contributed by atoms with Crippen LogP contribution in [-0.4, -0.2) is 6.61 Å². The fourth-order valence-electron chi connectivity index (χ4n) is 2.30. The average Bonchev–Trinajstić information content (AvgIpc) is 2.34. The minimum absolute atomic E-state index is 0.0452. The molecule has 3 nitrogen and oxygen atoms in total. The first-order chi connectivity index (χ1) is 8.89. The summed E-state index contributed by atoms with van der Waals surface area (Å²) in [5.74, 6) is 1.10. The normalized spacial score (nSPS) is 10.9. The molecule has 0 aliphatic rings. The fourth-order valence-corrected chi connectivity index (χ4v) is 2.30. The molecule has 3 heteroatoms. The predicted molar refractivity (Wildman–Crippen MR) is 74.6 cm³/mol. The molecule has 0 radical (unpaired) electrons. The average molecular weight is 256 g/mol. The van der Waals surface area contributed by atoms with Gasteiger partial charge in [0.1, 0.15) is 23.5 Å². The van der Waals surface area contributed by atoms with E-state index in [1.807, 2.05) is 12.1 Å². The van der Waals surface area contributed by atoms with Crippen molar-refractivity contribution in [3.8, 4) is 17.9 Å². The van der Waals surface area contributed by atoms with Gasteiger partial charge in [0.25, 0.3) is 0 Å². The summed E-state index contributed by atoms with van der Waals surface area (Å²) in [6.07, 6.45) is 1.05. The fraction of sp³-hybridized carbons (Fsp3) is 0.500. The molecule has 0 aliphatic heterocycles.